The molecule has 2 atom stereocenters. The van der Waals surface area contributed by atoms with Gasteiger partial charge in [0, 0.05) is 10.6 Å². The number of anilines is 1. The van der Waals surface area contributed by atoms with Crippen molar-refractivity contribution in [2.24, 2.45) is 0 Å². The van der Waals surface area contributed by atoms with E-state index in [1.807, 2.05) is 12.1 Å². The largest absolute Gasteiger partial charge is 0.477 e. The quantitative estimate of drug-likeness (QED) is 0.464. The standard InChI is InChI=1S/C23H29NO5S/c1-3-4-5-6-16(2)17-7-9-18(10-8-17)24-19(14-29-23(24)27)13-28-15-20-11-12-21(30-20)22(25)26/h7-12,16,19H,3-6,13-15H2,1-2H3,(H,25,26)/t16?,19-/m0/s1. The summed E-state index contributed by atoms with van der Waals surface area (Å²) in [6.45, 7) is 5.36. The molecule has 1 aliphatic heterocycles. The van der Waals surface area contributed by atoms with Gasteiger partial charge in [-0.05, 0) is 42.2 Å². The van der Waals surface area contributed by atoms with E-state index in [1.54, 1.807) is 17.0 Å². The van der Waals surface area contributed by atoms with Gasteiger partial charge < -0.3 is 14.6 Å². The second-order valence-electron chi connectivity index (χ2n) is 7.68. The maximum absolute atomic E-state index is 12.3. The van der Waals surface area contributed by atoms with E-state index in [9.17, 15) is 9.59 Å². The molecule has 3 rings (SSSR count). The van der Waals surface area contributed by atoms with Gasteiger partial charge in [-0.3, -0.25) is 4.90 Å². The van der Waals surface area contributed by atoms with Gasteiger partial charge >= 0.3 is 12.1 Å². The Morgan fingerprint density at radius 1 is 1.27 bits per heavy atom. The number of nitrogens with zero attached hydrogens (tertiary/aromatic N) is 1. The van der Waals surface area contributed by atoms with Gasteiger partial charge in [-0.2, -0.15) is 0 Å². The Hall–Kier alpha value is -2.38. The van der Waals surface area contributed by atoms with Crippen LogP contribution in [-0.2, 0) is 16.1 Å². The minimum absolute atomic E-state index is 0.204. The molecule has 6 nitrogen and oxygen atoms in total. The Kier molecular flexibility index (Phi) is 7.87. The number of carbonyl (C=O) groups excluding carboxylic acids is 1. The lowest BCUT2D eigenvalue weighted by Crippen LogP contribution is -2.36. The Balaban J connectivity index is 1.56. The Bertz CT molecular complexity index is 848. The van der Waals surface area contributed by atoms with Crippen molar-refractivity contribution in [1.29, 1.82) is 0 Å². The number of cyclic esters (lactones) is 1. The molecule has 1 saturated heterocycles. The highest BCUT2D eigenvalue weighted by Crippen LogP contribution is 2.28. The van der Waals surface area contributed by atoms with Gasteiger partial charge in [0.15, 0.2) is 0 Å². The van der Waals surface area contributed by atoms with Gasteiger partial charge in [0.25, 0.3) is 0 Å². The van der Waals surface area contributed by atoms with Gasteiger partial charge in [0.05, 0.1) is 19.3 Å². The zero-order valence-electron chi connectivity index (χ0n) is 17.5. The molecule has 1 fully saturated rings. The predicted molar refractivity (Wildman–Crippen MR) is 118 cm³/mol. The van der Waals surface area contributed by atoms with E-state index < -0.39 is 5.97 Å². The molecule has 1 aliphatic rings. The third kappa shape index (κ3) is 5.61. The molecule has 7 heteroatoms. The smallest absolute Gasteiger partial charge is 0.414 e. The first kappa shape index (κ1) is 22.3. The zero-order chi connectivity index (χ0) is 21.5. The molecular weight excluding hydrogens is 402 g/mol. The van der Waals surface area contributed by atoms with Crippen LogP contribution in [0, 0.1) is 0 Å². The van der Waals surface area contributed by atoms with Crippen LogP contribution in [-0.4, -0.2) is 36.4 Å². The molecular formula is C23H29NO5S. The van der Waals surface area contributed by atoms with Gasteiger partial charge in [0.1, 0.15) is 11.5 Å². The number of amides is 1. The average Bonchev–Trinajstić information content (AvgIpc) is 3.35. The van der Waals surface area contributed by atoms with E-state index in [2.05, 4.69) is 26.0 Å². The van der Waals surface area contributed by atoms with E-state index in [4.69, 9.17) is 14.6 Å². The van der Waals surface area contributed by atoms with Crippen molar-refractivity contribution in [2.75, 3.05) is 18.1 Å². The van der Waals surface area contributed by atoms with Crippen LogP contribution < -0.4 is 4.90 Å². The topological polar surface area (TPSA) is 76.1 Å². The number of benzene rings is 1. The summed E-state index contributed by atoms with van der Waals surface area (Å²) in [6, 6.07) is 11.3. The van der Waals surface area contributed by atoms with E-state index in [0.717, 1.165) is 10.6 Å². The Labute approximate surface area is 181 Å². The van der Waals surface area contributed by atoms with Gasteiger partial charge in [-0.25, -0.2) is 9.59 Å². The summed E-state index contributed by atoms with van der Waals surface area (Å²) in [7, 11) is 0. The molecule has 0 bridgehead atoms. The van der Waals surface area contributed by atoms with E-state index in [-0.39, 0.29) is 18.7 Å². The first-order valence-corrected chi connectivity index (χ1v) is 11.3. The molecule has 0 saturated carbocycles. The summed E-state index contributed by atoms with van der Waals surface area (Å²) in [5.41, 5.74) is 2.09. The van der Waals surface area contributed by atoms with Crippen LogP contribution in [0.15, 0.2) is 36.4 Å². The first-order valence-electron chi connectivity index (χ1n) is 10.4. The summed E-state index contributed by atoms with van der Waals surface area (Å²) >= 11 is 1.20. The highest BCUT2D eigenvalue weighted by molar-refractivity contribution is 7.13. The van der Waals surface area contributed by atoms with Crippen LogP contribution in [0.25, 0.3) is 0 Å². The van der Waals surface area contributed by atoms with E-state index >= 15 is 0 Å². The fraction of sp³-hybridized carbons (Fsp3) is 0.478. The molecule has 2 aromatic rings. The Morgan fingerprint density at radius 2 is 2.03 bits per heavy atom. The minimum atomic E-state index is -0.935. The lowest BCUT2D eigenvalue weighted by molar-refractivity contribution is 0.0702. The first-order chi connectivity index (χ1) is 14.5. The van der Waals surface area contributed by atoms with Gasteiger partial charge in [-0.15, -0.1) is 11.3 Å². The molecule has 0 spiro atoms. The molecule has 2 heterocycles. The number of hydrogen-bond donors (Lipinski definition) is 1. The number of hydrogen-bond acceptors (Lipinski definition) is 5. The van der Waals surface area contributed by atoms with Crippen molar-refractivity contribution in [3.63, 3.8) is 0 Å². The number of unbranched alkanes of at least 4 members (excludes halogenated alkanes) is 2. The highest BCUT2D eigenvalue weighted by Gasteiger charge is 2.34. The molecule has 0 aliphatic carbocycles. The summed E-state index contributed by atoms with van der Waals surface area (Å²) in [6.07, 6.45) is 4.51. The summed E-state index contributed by atoms with van der Waals surface area (Å²) in [4.78, 5) is 26.0. The molecule has 1 aromatic carbocycles. The van der Waals surface area contributed by atoms with Crippen LogP contribution >= 0.6 is 11.3 Å². The van der Waals surface area contributed by atoms with E-state index in [1.165, 1.54) is 42.6 Å². The van der Waals surface area contributed by atoms with Crippen LogP contribution in [0.4, 0.5) is 10.5 Å². The van der Waals surface area contributed by atoms with Crippen molar-refractivity contribution in [1.82, 2.24) is 0 Å². The Morgan fingerprint density at radius 3 is 2.70 bits per heavy atom. The van der Waals surface area contributed by atoms with E-state index in [0.29, 0.717) is 24.0 Å². The number of thiophene rings is 1. The lowest BCUT2D eigenvalue weighted by Gasteiger charge is -2.22. The minimum Gasteiger partial charge on any atom is -0.477 e. The van der Waals surface area contributed by atoms with Crippen LogP contribution in [0.2, 0.25) is 0 Å². The van der Waals surface area contributed by atoms with Crippen LogP contribution in [0.3, 0.4) is 0 Å². The number of carbonyl (C=O) groups is 2. The molecule has 1 amide bonds. The fourth-order valence-corrected chi connectivity index (χ4v) is 4.38. The summed E-state index contributed by atoms with van der Waals surface area (Å²) < 4.78 is 11.0. The number of carboxylic acid groups (broad SMARTS) is 1. The summed E-state index contributed by atoms with van der Waals surface area (Å²) in [5, 5.41) is 9.00. The van der Waals surface area contributed by atoms with Crippen molar-refractivity contribution in [3.05, 3.63) is 51.7 Å². The van der Waals surface area contributed by atoms with Gasteiger partial charge in [-0.1, -0.05) is 45.2 Å². The lowest BCUT2D eigenvalue weighted by atomic mass is 9.95. The van der Waals surface area contributed by atoms with Crippen LogP contribution in [0.1, 0.15) is 65.6 Å². The van der Waals surface area contributed by atoms with Crippen molar-refractivity contribution in [2.45, 2.75) is 58.1 Å². The van der Waals surface area contributed by atoms with Crippen LogP contribution in [0.5, 0.6) is 0 Å². The molecule has 0 radical (unpaired) electrons. The SMILES string of the molecule is CCCCCC(C)c1ccc(N2C(=O)OC[C@@H]2COCc2ccc(C(=O)O)s2)cc1. The highest BCUT2D eigenvalue weighted by atomic mass is 32.1. The third-order valence-corrected chi connectivity index (χ3v) is 6.42. The fourth-order valence-electron chi connectivity index (χ4n) is 3.60. The molecule has 1 unspecified atom stereocenters. The maximum atomic E-state index is 12.3. The number of carboxylic acids is 1. The number of aromatic carboxylic acids is 1. The molecule has 1 N–H and O–H groups in total. The number of rotatable bonds is 11. The second kappa shape index (κ2) is 10.6. The third-order valence-electron chi connectivity index (χ3n) is 5.37. The zero-order valence-corrected chi connectivity index (χ0v) is 18.3. The predicted octanol–water partition coefficient (Wildman–Crippen LogP) is 5.67. The summed E-state index contributed by atoms with van der Waals surface area (Å²) in [5.74, 6) is -0.438. The van der Waals surface area contributed by atoms with Gasteiger partial charge in [0.2, 0.25) is 0 Å². The molecule has 30 heavy (non-hydrogen) atoms. The van der Waals surface area contributed by atoms with Crippen molar-refractivity contribution in [3.8, 4) is 0 Å². The monoisotopic (exact) mass is 431 g/mol. The molecule has 1 aromatic heterocycles. The number of ether oxygens (including phenoxy) is 2. The van der Waals surface area contributed by atoms with Crippen molar-refractivity contribution < 1.29 is 24.2 Å². The maximum Gasteiger partial charge on any atom is 0.414 e. The normalized spacial score (nSPS) is 17.2. The van der Waals surface area contributed by atoms with Crippen molar-refractivity contribution >= 4 is 29.1 Å². The molecule has 162 valence electrons. The second-order valence-corrected chi connectivity index (χ2v) is 8.84. The average molecular weight is 432 g/mol.